The summed E-state index contributed by atoms with van der Waals surface area (Å²) in [7, 11) is -3.41. The van der Waals surface area contributed by atoms with Crippen LogP contribution in [0.25, 0.3) is 0 Å². The van der Waals surface area contributed by atoms with Crippen molar-refractivity contribution in [2.45, 2.75) is 6.42 Å². The minimum Gasteiger partial charge on any atom is -0.338 e. The van der Waals surface area contributed by atoms with E-state index in [1.54, 1.807) is 29.2 Å². The van der Waals surface area contributed by atoms with Gasteiger partial charge in [0.05, 0.1) is 10.6 Å². The van der Waals surface area contributed by atoms with Crippen LogP contribution in [0.5, 0.6) is 0 Å². The van der Waals surface area contributed by atoms with E-state index < -0.39 is 10.0 Å². The van der Waals surface area contributed by atoms with Crippen LogP contribution in [0.3, 0.4) is 0 Å². The van der Waals surface area contributed by atoms with Gasteiger partial charge >= 0.3 is 0 Å². The van der Waals surface area contributed by atoms with Crippen LogP contribution in [0.15, 0.2) is 36.3 Å². The Hall–Kier alpha value is -1.37. The number of amides is 1. The molecule has 0 saturated carbocycles. The van der Waals surface area contributed by atoms with Crippen LogP contribution in [0.2, 0.25) is 5.02 Å². The first-order valence-corrected chi connectivity index (χ1v) is 8.51. The topological polar surface area (TPSA) is 66.5 Å². The zero-order chi connectivity index (χ0) is 15.5. The van der Waals surface area contributed by atoms with E-state index in [0.29, 0.717) is 30.2 Å². The Bertz CT molecular complexity index is 645. The van der Waals surface area contributed by atoms with Crippen LogP contribution in [-0.4, -0.2) is 38.9 Å². The van der Waals surface area contributed by atoms with Crippen molar-refractivity contribution in [3.8, 4) is 0 Å². The second-order valence-electron chi connectivity index (χ2n) is 4.95. The van der Waals surface area contributed by atoms with Crippen molar-refractivity contribution in [3.63, 3.8) is 0 Å². The van der Waals surface area contributed by atoms with Crippen molar-refractivity contribution >= 4 is 27.5 Å². The summed E-state index contributed by atoms with van der Waals surface area (Å²) in [5, 5.41) is 1.31. The zero-order valence-corrected chi connectivity index (χ0v) is 13.0. The molecular formula is C14H17ClN2O3S. The molecule has 0 radical (unpaired) electrons. The van der Waals surface area contributed by atoms with Crippen LogP contribution in [0.4, 0.5) is 0 Å². The van der Waals surface area contributed by atoms with E-state index in [-0.39, 0.29) is 11.8 Å². The summed E-state index contributed by atoms with van der Waals surface area (Å²) in [6.07, 6.45) is 0.760. The second kappa shape index (κ2) is 6.60. The predicted octanol–water partition coefficient (Wildman–Crippen LogP) is 1.86. The first-order valence-electron chi connectivity index (χ1n) is 6.59. The molecule has 0 aromatic heterocycles. The molecule has 1 N–H and O–H groups in total. The molecule has 1 saturated heterocycles. The van der Waals surface area contributed by atoms with E-state index in [9.17, 15) is 13.2 Å². The standard InChI is InChI=1S/C14H17ClN2O3S/c1-2-21(19,20)16-9-11-7-8-17(10-11)14(18)12-5-3-4-6-13(12)15/h2-6,11,16H,1,7-10H2/t11-/m1/s1. The highest BCUT2D eigenvalue weighted by atomic mass is 35.5. The second-order valence-corrected chi connectivity index (χ2v) is 7.07. The molecule has 1 heterocycles. The largest absolute Gasteiger partial charge is 0.338 e. The van der Waals surface area contributed by atoms with E-state index in [0.717, 1.165) is 11.8 Å². The van der Waals surface area contributed by atoms with Gasteiger partial charge in [-0.3, -0.25) is 4.79 Å². The summed E-state index contributed by atoms with van der Waals surface area (Å²) in [6, 6.07) is 6.92. The predicted molar refractivity (Wildman–Crippen MR) is 82.6 cm³/mol. The van der Waals surface area contributed by atoms with Crippen molar-refractivity contribution in [3.05, 3.63) is 46.8 Å². The maximum atomic E-state index is 12.4. The molecule has 0 bridgehead atoms. The van der Waals surface area contributed by atoms with Crippen molar-refractivity contribution in [2.75, 3.05) is 19.6 Å². The maximum absolute atomic E-state index is 12.4. The average Bonchev–Trinajstić information content (AvgIpc) is 2.94. The summed E-state index contributed by atoms with van der Waals surface area (Å²) < 4.78 is 25.1. The van der Waals surface area contributed by atoms with Gasteiger partial charge in [-0.05, 0) is 24.5 Å². The monoisotopic (exact) mass is 328 g/mol. The lowest BCUT2D eigenvalue weighted by Gasteiger charge is -2.17. The first-order chi connectivity index (χ1) is 9.93. The highest BCUT2D eigenvalue weighted by Gasteiger charge is 2.28. The number of hydrogen-bond donors (Lipinski definition) is 1. The molecule has 2 rings (SSSR count). The lowest BCUT2D eigenvalue weighted by molar-refractivity contribution is 0.0787. The molecule has 0 aliphatic carbocycles. The molecule has 7 heteroatoms. The van der Waals surface area contributed by atoms with Gasteiger partial charge in [0, 0.05) is 25.0 Å². The molecule has 1 aliphatic heterocycles. The van der Waals surface area contributed by atoms with Gasteiger partial charge in [0.1, 0.15) is 0 Å². The van der Waals surface area contributed by atoms with Crippen LogP contribution in [-0.2, 0) is 10.0 Å². The van der Waals surface area contributed by atoms with Gasteiger partial charge in [-0.15, -0.1) is 0 Å². The van der Waals surface area contributed by atoms with Crippen LogP contribution in [0.1, 0.15) is 16.8 Å². The Labute approximate surface area is 129 Å². The summed E-state index contributed by atoms with van der Waals surface area (Å²) in [6.45, 7) is 4.67. The summed E-state index contributed by atoms with van der Waals surface area (Å²) in [4.78, 5) is 14.1. The third-order valence-electron chi connectivity index (χ3n) is 3.47. The van der Waals surface area contributed by atoms with Crippen molar-refractivity contribution in [1.82, 2.24) is 9.62 Å². The quantitative estimate of drug-likeness (QED) is 0.897. The molecule has 1 amide bonds. The van der Waals surface area contributed by atoms with Gasteiger partial charge in [0.25, 0.3) is 5.91 Å². The number of carbonyl (C=O) groups is 1. The molecule has 1 aliphatic rings. The van der Waals surface area contributed by atoms with E-state index >= 15 is 0 Å². The highest BCUT2D eigenvalue weighted by Crippen LogP contribution is 2.22. The third kappa shape index (κ3) is 4.06. The number of nitrogens with one attached hydrogen (secondary N) is 1. The minimum atomic E-state index is -3.41. The molecule has 21 heavy (non-hydrogen) atoms. The molecule has 1 aromatic carbocycles. The van der Waals surface area contributed by atoms with Crippen LogP contribution < -0.4 is 4.72 Å². The lowest BCUT2D eigenvalue weighted by atomic mass is 10.1. The molecule has 1 atom stereocenters. The number of nitrogens with zero attached hydrogens (tertiary/aromatic N) is 1. The smallest absolute Gasteiger partial charge is 0.255 e. The Balaban J connectivity index is 1.95. The SMILES string of the molecule is C=CS(=O)(=O)NC[C@H]1CCN(C(=O)c2ccccc2Cl)C1. The number of rotatable bonds is 5. The molecule has 1 aromatic rings. The number of benzene rings is 1. The third-order valence-corrected chi connectivity index (χ3v) is 4.81. The molecule has 5 nitrogen and oxygen atoms in total. The summed E-state index contributed by atoms with van der Waals surface area (Å²) in [5.74, 6) is -0.0131. The first kappa shape index (κ1) is 16.0. The molecular weight excluding hydrogens is 312 g/mol. The van der Waals surface area contributed by atoms with Gasteiger partial charge in [-0.2, -0.15) is 0 Å². The number of hydrogen-bond acceptors (Lipinski definition) is 3. The van der Waals surface area contributed by atoms with Crippen molar-refractivity contribution < 1.29 is 13.2 Å². The van der Waals surface area contributed by atoms with E-state index in [2.05, 4.69) is 11.3 Å². The number of halogens is 1. The molecule has 1 fully saturated rings. The summed E-state index contributed by atoms with van der Waals surface area (Å²) in [5.41, 5.74) is 0.478. The fourth-order valence-electron chi connectivity index (χ4n) is 2.28. The van der Waals surface area contributed by atoms with Crippen molar-refractivity contribution in [2.24, 2.45) is 5.92 Å². The maximum Gasteiger partial charge on any atom is 0.255 e. The Morgan fingerprint density at radius 2 is 2.19 bits per heavy atom. The van der Waals surface area contributed by atoms with E-state index in [4.69, 9.17) is 11.6 Å². The van der Waals surface area contributed by atoms with Crippen LogP contribution >= 0.6 is 11.6 Å². The molecule has 0 spiro atoms. The number of likely N-dealkylation sites (tertiary alicyclic amines) is 1. The molecule has 114 valence electrons. The Morgan fingerprint density at radius 1 is 1.48 bits per heavy atom. The normalized spacial score (nSPS) is 18.7. The zero-order valence-electron chi connectivity index (χ0n) is 11.5. The van der Waals surface area contributed by atoms with Gasteiger partial charge < -0.3 is 4.90 Å². The highest BCUT2D eigenvalue weighted by molar-refractivity contribution is 7.92. The van der Waals surface area contributed by atoms with Crippen LogP contribution in [0, 0.1) is 5.92 Å². The molecule has 0 unspecified atom stereocenters. The fourth-order valence-corrected chi connectivity index (χ4v) is 3.08. The number of sulfonamides is 1. The van der Waals surface area contributed by atoms with Crippen molar-refractivity contribution in [1.29, 1.82) is 0 Å². The average molecular weight is 329 g/mol. The van der Waals surface area contributed by atoms with Gasteiger partial charge in [0.2, 0.25) is 10.0 Å². The van der Waals surface area contributed by atoms with Gasteiger partial charge in [-0.1, -0.05) is 30.3 Å². The minimum absolute atomic E-state index is 0.103. The lowest BCUT2D eigenvalue weighted by Crippen LogP contribution is -2.32. The fraction of sp³-hybridized carbons (Fsp3) is 0.357. The van der Waals surface area contributed by atoms with E-state index in [1.165, 1.54) is 0 Å². The van der Waals surface area contributed by atoms with Gasteiger partial charge in [-0.25, -0.2) is 13.1 Å². The summed E-state index contributed by atoms with van der Waals surface area (Å²) >= 11 is 6.02. The Morgan fingerprint density at radius 3 is 2.86 bits per heavy atom. The van der Waals surface area contributed by atoms with E-state index in [1.807, 2.05) is 0 Å². The Kier molecular flexibility index (Phi) is 5.03. The number of carbonyl (C=O) groups excluding carboxylic acids is 1. The van der Waals surface area contributed by atoms with Gasteiger partial charge in [0.15, 0.2) is 0 Å².